The van der Waals surface area contributed by atoms with Crippen molar-refractivity contribution in [3.05, 3.63) is 0 Å². The highest BCUT2D eigenvalue weighted by Crippen LogP contribution is 2.45. The SMILES string of the molecule is NC1CCC(NC(C2CC2)C2CC2)CC1. The van der Waals surface area contributed by atoms with Crippen LogP contribution in [0.2, 0.25) is 0 Å². The number of nitrogens with two attached hydrogens (primary N) is 1. The summed E-state index contributed by atoms with van der Waals surface area (Å²) in [6.45, 7) is 0. The standard InChI is InChI=1S/C13H24N2/c14-11-5-7-12(8-6-11)15-13(9-1-2-9)10-3-4-10/h9-13,15H,1-8,14H2. The van der Waals surface area contributed by atoms with Crippen LogP contribution in [-0.2, 0) is 0 Å². The van der Waals surface area contributed by atoms with Crippen molar-refractivity contribution in [2.45, 2.75) is 69.5 Å². The molecule has 15 heavy (non-hydrogen) atoms. The lowest BCUT2D eigenvalue weighted by Gasteiger charge is -2.31. The molecule has 2 heteroatoms. The zero-order chi connectivity index (χ0) is 10.3. The summed E-state index contributed by atoms with van der Waals surface area (Å²) in [6.07, 6.45) is 11.1. The van der Waals surface area contributed by atoms with Gasteiger partial charge < -0.3 is 11.1 Å². The van der Waals surface area contributed by atoms with Crippen molar-refractivity contribution in [1.29, 1.82) is 0 Å². The Bertz CT molecular complexity index is 201. The normalized spacial score (nSPS) is 37.2. The molecule has 3 N–H and O–H groups in total. The van der Waals surface area contributed by atoms with Crippen molar-refractivity contribution in [2.24, 2.45) is 17.6 Å². The van der Waals surface area contributed by atoms with Crippen LogP contribution in [0, 0.1) is 11.8 Å². The Morgan fingerprint density at radius 3 is 1.80 bits per heavy atom. The molecule has 0 atom stereocenters. The molecule has 0 aliphatic heterocycles. The largest absolute Gasteiger partial charge is 0.328 e. The lowest BCUT2D eigenvalue weighted by molar-refractivity contribution is 0.286. The van der Waals surface area contributed by atoms with Crippen LogP contribution in [0.25, 0.3) is 0 Å². The van der Waals surface area contributed by atoms with E-state index in [0.717, 1.165) is 23.9 Å². The third kappa shape index (κ3) is 2.54. The maximum atomic E-state index is 5.94. The molecule has 0 aromatic heterocycles. The highest BCUT2D eigenvalue weighted by atomic mass is 15.0. The van der Waals surface area contributed by atoms with Gasteiger partial charge in [-0.05, 0) is 63.2 Å². The maximum Gasteiger partial charge on any atom is 0.0126 e. The Morgan fingerprint density at radius 1 is 0.800 bits per heavy atom. The van der Waals surface area contributed by atoms with Crippen LogP contribution in [-0.4, -0.2) is 18.1 Å². The van der Waals surface area contributed by atoms with Gasteiger partial charge in [-0.3, -0.25) is 0 Å². The van der Waals surface area contributed by atoms with Gasteiger partial charge in [-0.25, -0.2) is 0 Å². The molecule has 0 aromatic rings. The zero-order valence-electron chi connectivity index (χ0n) is 9.62. The second kappa shape index (κ2) is 4.06. The summed E-state index contributed by atoms with van der Waals surface area (Å²) >= 11 is 0. The van der Waals surface area contributed by atoms with E-state index in [9.17, 15) is 0 Å². The van der Waals surface area contributed by atoms with Crippen molar-refractivity contribution >= 4 is 0 Å². The second-order valence-electron chi connectivity index (χ2n) is 5.98. The molecule has 0 radical (unpaired) electrons. The average molecular weight is 208 g/mol. The van der Waals surface area contributed by atoms with Gasteiger partial charge in [-0.2, -0.15) is 0 Å². The van der Waals surface area contributed by atoms with E-state index in [-0.39, 0.29) is 0 Å². The predicted octanol–water partition coefficient (Wildman–Crippen LogP) is 2.03. The summed E-state index contributed by atoms with van der Waals surface area (Å²) in [5.74, 6) is 2.07. The van der Waals surface area contributed by atoms with E-state index in [4.69, 9.17) is 5.73 Å². The summed E-state index contributed by atoms with van der Waals surface area (Å²) in [4.78, 5) is 0. The first-order valence-corrected chi connectivity index (χ1v) is 6.84. The Labute approximate surface area is 93.0 Å². The van der Waals surface area contributed by atoms with Crippen molar-refractivity contribution in [1.82, 2.24) is 5.32 Å². The maximum absolute atomic E-state index is 5.94. The van der Waals surface area contributed by atoms with Crippen molar-refractivity contribution in [3.63, 3.8) is 0 Å². The molecule has 3 aliphatic rings. The minimum Gasteiger partial charge on any atom is -0.328 e. The first kappa shape index (κ1) is 10.1. The molecule has 0 heterocycles. The van der Waals surface area contributed by atoms with E-state index in [1.54, 1.807) is 0 Å². The molecule has 3 fully saturated rings. The molecule has 0 spiro atoms. The topological polar surface area (TPSA) is 38.0 Å². The molecule has 3 saturated carbocycles. The van der Waals surface area contributed by atoms with Crippen LogP contribution < -0.4 is 11.1 Å². The highest BCUT2D eigenvalue weighted by Gasteiger charge is 2.42. The van der Waals surface area contributed by atoms with E-state index in [0.29, 0.717) is 6.04 Å². The van der Waals surface area contributed by atoms with E-state index in [1.807, 2.05) is 0 Å². The van der Waals surface area contributed by atoms with E-state index in [1.165, 1.54) is 51.4 Å². The second-order valence-corrected chi connectivity index (χ2v) is 5.98. The molecule has 0 unspecified atom stereocenters. The Balaban J connectivity index is 1.49. The molecule has 0 saturated heterocycles. The Hall–Kier alpha value is -0.0800. The van der Waals surface area contributed by atoms with Gasteiger partial charge >= 0.3 is 0 Å². The van der Waals surface area contributed by atoms with Crippen LogP contribution in [0.15, 0.2) is 0 Å². The number of hydrogen-bond donors (Lipinski definition) is 2. The van der Waals surface area contributed by atoms with Crippen LogP contribution >= 0.6 is 0 Å². The summed E-state index contributed by atoms with van der Waals surface area (Å²) in [7, 11) is 0. The van der Waals surface area contributed by atoms with Gasteiger partial charge in [0, 0.05) is 18.1 Å². The van der Waals surface area contributed by atoms with Gasteiger partial charge in [0.25, 0.3) is 0 Å². The molecule has 0 amide bonds. The van der Waals surface area contributed by atoms with Crippen molar-refractivity contribution in [2.75, 3.05) is 0 Å². The van der Waals surface area contributed by atoms with Gasteiger partial charge in [0.15, 0.2) is 0 Å². The summed E-state index contributed by atoms with van der Waals surface area (Å²) in [5.41, 5.74) is 5.94. The monoisotopic (exact) mass is 208 g/mol. The molecular formula is C13H24N2. The first-order valence-electron chi connectivity index (χ1n) is 6.84. The van der Waals surface area contributed by atoms with Gasteiger partial charge in [0.05, 0.1) is 0 Å². The molecule has 0 bridgehead atoms. The quantitative estimate of drug-likeness (QED) is 0.742. The minimum absolute atomic E-state index is 0.489. The van der Waals surface area contributed by atoms with Crippen LogP contribution in [0.3, 0.4) is 0 Å². The zero-order valence-corrected chi connectivity index (χ0v) is 9.62. The molecular weight excluding hydrogens is 184 g/mol. The van der Waals surface area contributed by atoms with Crippen molar-refractivity contribution in [3.8, 4) is 0 Å². The fraction of sp³-hybridized carbons (Fsp3) is 1.00. The van der Waals surface area contributed by atoms with Crippen LogP contribution in [0.5, 0.6) is 0 Å². The van der Waals surface area contributed by atoms with Gasteiger partial charge in [0.1, 0.15) is 0 Å². The van der Waals surface area contributed by atoms with Crippen molar-refractivity contribution < 1.29 is 0 Å². The third-order valence-electron chi connectivity index (χ3n) is 4.46. The Kier molecular flexibility index (Phi) is 2.73. The summed E-state index contributed by atoms with van der Waals surface area (Å²) in [6, 6.07) is 2.16. The molecule has 0 aromatic carbocycles. The number of hydrogen-bond acceptors (Lipinski definition) is 2. The minimum atomic E-state index is 0.489. The van der Waals surface area contributed by atoms with Crippen LogP contribution in [0.1, 0.15) is 51.4 Å². The van der Waals surface area contributed by atoms with E-state index in [2.05, 4.69) is 5.32 Å². The highest BCUT2D eigenvalue weighted by molar-refractivity contribution is 4.98. The summed E-state index contributed by atoms with van der Waals surface area (Å²) in [5, 5.41) is 3.94. The molecule has 3 rings (SSSR count). The molecule has 3 aliphatic carbocycles. The molecule has 86 valence electrons. The molecule has 2 nitrogen and oxygen atoms in total. The fourth-order valence-corrected chi connectivity index (χ4v) is 3.13. The van der Waals surface area contributed by atoms with Gasteiger partial charge in [-0.15, -0.1) is 0 Å². The van der Waals surface area contributed by atoms with Gasteiger partial charge in [0.2, 0.25) is 0 Å². The lowest BCUT2D eigenvalue weighted by Crippen LogP contribution is -2.44. The first-order chi connectivity index (χ1) is 7.33. The fourth-order valence-electron chi connectivity index (χ4n) is 3.13. The number of nitrogens with one attached hydrogen (secondary N) is 1. The van der Waals surface area contributed by atoms with Gasteiger partial charge in [-0.1, -0.05) is 0 Å². The predicted molar refractivity (Wildman–Crippen MR) is 62.6 cm³/mol. The van der Waals surface area contributed by atoms with Crippen LogP contribution in [0.4, 0.5) is 0 Å². The van der Waals surface area contributed by atoms with E-state index < -0.39 is 0 Å². The summed E-state index contributed by atoms with van der Waals surface area (Å²) < 4.78 is 0. The third-order valence-corrected chi connectivity index (χ3v) is 4.46. The smallest absolute Gasteiger partial charge is 0.0126 e. The average Bonchev–Trinajstić information content (AvgIpc) is 3.11. The number of rotatable bonds is 4. The Morgan fingerprint density at radius 2 is 1.33 bits per heavy atom. The lowest BCUT2D eigenvalue weighted by atomic mass is 9.90. The van der Waals surface area contributed by atoms with E-state index >= 15 is 0 Å².